The average molecular weight is 327 g/mol. The average Bonchev–Trinajstić information content (AvgIpc) is 2.97. The predicted octanol–water partition coefficient (Wildman–Crippen LogP) is 2.83. The Morgan fingerprint density at radius 2 is 2.39 bits per heavy atom. The van der Waals surface area contributed by atoms with E-state index in [1.165, 1.54) is 4.88 Å². The van der Waals surface area contributed by atoms with E-state index >= 15 is 0 Å². The molecule has 0 spiro atoms. The fourth-order valence-corrected chi connectivity index (χ4v) is 3.63. The number of anilines is 1. The minimum atomic E-state index is 0.273. The maximum absolute atomic E-state index is 6.00. The Hall–Kier alpha value is -0.850. The number of nitrogens with one attached hydrogen (secondary N) is 1. The summed E-state index contributed by atoms with van der Waals surface area (Å²) in [6.07, 6.45) is 2.26. The number of hydrogen-bond donors (Lipinski definition) is 2. The van der Waals surface area contributed by atoms with Crippen LogP contribution < -0.4 is 10.6 Å². The van der Waals surface area contributed by atoms with E-state index in [1.54, 1.807) is 11.3 Å². The topological polar surface area (TPSA) is 57.9 Å². The fourth-order valence-electron chi connectivity index (χ4n) is 2.28. The smallest absolute Gasteiger partial charge is 0.151 e. The van der Waals surface area contributed by atoms with Gasteiger partial charge < -0.3 is 10.6 Å². The highest BCUT2D eigenvalue weighted by molar-refractivity contribution is 9.11. The SMILES string of the molecule is NC1CCCN(c2cc(-c3ccc(Br)s3)[nH]n2)C1. The third-order valence-corrected chi connectivity index (χ3v) is 4.84. The first kappa shape index (κ1) is 12.2. The van der Waals surface area contributed by atoms with Gasteiger partial charge in [0, 0.05) is 25.2 Å². The van der Waals surface area contributed by atoms with Crippen LogP contribution in [0.5, 0.6) is 0 Å². The molecule has 4 nitrogen and oxygen atoms in total. The van der Waals surface area contributed by atoms with Crippen molar-refractivity contribution < 1.29 is 0 Å². The second kappa shape index (κ2) is 5.03. The Labute approximate surface area is 118 Å². The molecule has 0 amide bonds. The molecule has 96 valence electrons. The number of H-pyrrole nitrogens is 1. The summed E-state index contributed by atoms with van der Waals surface area (Å²) in [6.45, 7) is 1.95. The number of hydrogen-bond acceptors (Lipinski definition) is 4. The van der Waals surface area contributed by atoms with Crippen LogP contribution in [0.3, 0.4) is 0 Å². The second-order valence-electron chi connectivity index (χ2n) is 4.59. The molecule has 1 unspecified atom stereocenters. The van der Waals surface area contributed by atoms with Gasteiger partial charge in [-0.1, -0.05) is 0 Å². The molecule has 0 bridgehead atoms. The molecule has 6 heteroatoms. The zero-order chi connectivity index (χ0) is 12.5. The van der Waals surface area contributed by atoms with Crippen molar-refractivity contribution >= 4 is 33.1 Å². The van der Waals surface area contributed by atoms with Gasteiger partial charge in [0.2, 0.25) is 0 Å². The van der Waals surface area contributed by atoms with Crippen molar-refractivity contribution in [2.24, 2.45) is 5.73 Å². The first-order valence-corrected chi connectivity index (χ1v) is 7.65. The Morgan fingerprint density at radius 3 is 3.11 bits per heavy atom. The Balaban J connectivity index is 1.80. The molecule has 3 rings (SSSR count). The van der Waals surface area contributed by atoms with E-state index in [0.717, 1.165) is 41.2 Å². The molecule has 1 atom stereocenters. The van der Waals surface area contributed by atoms with Gasteiger partial charge in [0.05, 0.1) is 14.4 Å². The molecule has 1 aliphatic heterocycles. The molecule has 2 aromatic heterocycles. The predicted molar refractivity (Wildman–Crippen MR) is 79.0 cm³/mol. The van der Waals surface area contributed by atoms with E-state index < -0.39 is 0 Å². The molecule has 1 saturated heterocycles. The molecule has 2 aromatic rings. The highest BCUT2D eigenvalue weighted by atomic mass is 79.9. The number of aromatic amines is 1. The van der Waals surface area contributed by atoms with E-state index in [0.29, 0.717) is 0 Å². The van der Waals surface area contributed by atoms with Crippen LogP contribution in [-0.4, -0.2) is 29.3 Å². The molecule has 0 radical (unpaired) electrons. The monoisotopic (exact) mass is 326 g/mol. The zero-order valence-electron chi connectivity index (χ0n) is 9.90. The Kier molecular flexibility index (Phi) is 3.41. The summed E-state index contributed by atoms with van der Waals surface area (Å²) in [4.78, 5) is 3.46. The number of nitrogens with two attached hydrogens (primary N) is 1. The van der Waals surface area contributed by atoms with Crippen molar-refractivity contribution in [3.63, 3.8) is 0 Å². The highest BCUT2D eigenvalue weighted by Crippen LogP contribution is 2.31. The van der Waals surface area contributed by atoms with E-state index in [-0.39, 0.29) is 6.04 Å². The molecule has 3 N–H and O–H groups in total. The van der Waals surface area contributed by atoms with Crippen LogP contribution in [0, 0.1) is 0 Å². The third kappa shape index (κ3) is 2.46. The van der Waals surface area contributed by atoms with Crippen LogP contribution in [0.4, 0.5) is 5.82 Å². The van der Waals surface area contributed by atoms with Gasteiger partial charge in [-0.15, -0.1) is 11.3 Å². The molecule has 3 heterocycles. The lowest BCUT2D eigenvalue weighted by atomic mass is 10.1. The minimum absolute atomic E-state index is 0.273. The summed E-state index contributed by atoms with van der Waals surface area (Å²) in [7, 11) is 0. The van der Waals surface area contributed by atoms with E-state index in [2.05, 4.69) is 49.2 Å². The fraction of sp³-hybridized carbons (Fsp3) is 0.417. The summed E-state index contributed by atoms with van der Waals surface area (Å²) in [5.74, 6) is 1.00. The first-order chi connectivity index (χ1) is 8.72. The van der Waals surface area contributed by atoms with Crippen LogP contribution in [0.2, 0.25) is 0 Å². The number of aromatic nitrogens is 2. The molecule has 0 aliphatic carbocycles. The molecular weight excluding hydrogens is 312 g/mol. The largest absolute Gasteiger partial charge is 0.354 e. The summed E-state index contributed by atoms with van der Waals surface area (Å²) in [5.41, 5.74) is 7.07. The maximum Gasteiger partial charge on any atom is 0.151 e. The van der Waals surface area contributed by atoms with E-state index in [9.17, 15) is 0 Å². The van der Waals surface area contributed by atoms with Gasteiger partial charge in [-0.2, -0.15) is 5.10 Å². The van der Waals surface area contributed by atoms with Gasteiger partial charge in [0.1, 0.15) is 0 Å². The summed E-state index contributed by atoms with van der Waals surface area (Å²) in [6, 6.07) is 6.52. The lowest BCUT2D eigenvalue weighted by molar-refractivity contribution is 0.503. The van der Waals surface area contributed by atoms with Crippen LogP contribution >= 0.6 is 27.3 Å². The molecule has 1 fully saturated rings. The van der Waals surface area contributed by atoms with Crippen LogP contribution in [0.25, 0.3) is 10.6 Å². The van der Waals surface area contributed by atoms with Crippen molar-refractivity contribution in [1.29, 1.82) is 0 Å². The molecule has 0 saturated carbocycles. The number of piperidine rings is 1. The third-order valence-electron chi connectivity index (χ3n) is 3.18. The van der Waals surface area contributed by atoms with Gasteiger partial charge in [-0.3, -0.25) is 5.10 Å². The van der Waals surface area contributed by atoms with Crippen LogP contribution in [-0.2, 0) is 0 Å². The van der Waals surface area contributed by atoms with Crippen molar-refractivity contribution in [2.45, 2.75) is 18.9 Å². The van der Waals surface area contributed by atoms with Gasteiger partial charge in [-0.25, -0.2) is 0 Å². The summed E-state index contributed by atoms with van der Waals surface area (Å²) < 4.78 is 1.13. The molecular formula is C12H15BrN4S. The van der Waals surface area contributed by atoms with Gasteiger partial charge in [-0.05, 0) is 40.9 Å². The van der Waals surface area contributed by atoms with Crippen molar-refractivity contribution in [2.75, 3.05) is 18.0 Å². The maximum atomic E-state index is 6.00. The van der Waals surface area contributed by atoms with Gasteiger partial charge in [0.15, 0.2) is 5.82 Å². The second-order valence-corrected chi connectivity index (χ2v) is 7.05. The molecule has 1 aliphatic rings. The zero-order valence-corrected chi connectivity index (χ0v) is 12.3. The van der Waals surface area contributed by atoms with Crippen molar-refractivity contribution in [3.05, 3.63) is 22.0 Å². The van der Waals surface area contributed by atoms with Gasteiger partial charge >= 0.3 is 0 Å². The van der Waals surface area contributed by atoms with E-state index in [1.807, 2.05) is 0 Å². The normalized spacial score (nSPS) is 20.3. The lowest BCUT2D eigenvalue weighted by Gasteiger charge is -2.30. The summed E-state index contributed by atoms with van der Waals surface area (Å²) >= 11 is 5.18. The number of halogens is 1. The quantitative estimate of drug-likeness (QED) is 0.892. The van der Waals surface area contributed by atoms with Crippen molar-refractivity contribution in [3.8, 4) is 10.6 Å². The van der Waals surface area contributed by atoms with Crippen LogP contribution in [0.1, 0.15) is 12.8 Å². The highest BCUT2D eigenvalue weighted by Gasteiger charge is 2.19. The molecule has 18 heavy (non-hydrogen) atoms. The van der Waals surface area contributed by atoms with Gasteiger partial charge in [0.25, 0.3) is 0 Å². The van der Waals surface area contributed by atoms with Crippen LogP contribution in [0.15, 0.2) is 22.0 Å². The van der Waals surface area contributed by atoms with Crippen molar-refractivity contribution in [1.82, 2.24) is 10.2 Å². The summed E-state index contributed by atoms with van der Waals surface area (Å²) in [5, 5.41) is 7.50. The Bertz CT molecular complexity index is 536. The molecule has 0 aromatic carbocycles. The Morgan fingerprint density at radius 1 is 1.50 bits per heavy atom. The lowest BCUT2D eigenvalue weighted by Crippen LogP contribution is -2.43. The van der Waals surface area contributed by atoms with E-state index in [4.69, 9.17) is 5.73 Å². The number of rotatable bonds is 2. The number of nitrogens with zero attached hydrogens (tertiary/aromatic N) is 2. The standard InChI is InChI=1S/C12H15BrN4S/c13-11-4-3-10(18-11)9-6-12(16-15-9)17-5-1-2-8(14)7-17/h3-4,6,8H,1-2,5,7,14H2,(H,15,16). The first-order valence-electron chi connectivity index (χ1n) is 6.04. The number of thiophene rings is 1. The minimum Gasteiger partial charge on any atom is -0.354 e.